The third-order valence-corrected chi connectivity index (χ3v) is 6.01. The van der Waals surface area contributed by atoms with Gasteiger partial charge >= 0.3 is 0 Å². The molecule has 1 N–H and O–H groups in total. The largest absolute Gasteiger partial charge is 0.372 e. The summed E-state index contributed by atoms with van der Waals surface area (Å²) in [5, 5.41) is 2.72. The average Bonchev–Trinajstić information content (AvgIpc) is 3.17. The first-order valence-electron chi connectivity index (χ1n) is 9.17. The summed E-state index contributed by atoms with van der Waals surface area (Å²) in [5.74, 6) is -1.25. The molecule has 1 aliphatic rings. The zero-order chi connectivity index (χ0) is 20.3. The van der Waals surface area contributed by atoms with E-state index in [0.717, 1.165) is 35.4 Å². The lowest BCUT2D eigenvalue weighted by atomic mass is 10.2. The van der Waals surface area contributed by atoms with Crippen molar-refractivity contribution in [1.82, 2.24) is 0 Å². The van der Waals surface area contributed by atoms with E-state index >= 15 is 0 Å². The fourth-order valence-corrected chi connectivity index (χ4v) is 4.56. The molecule has 0 bridgehead atoms. The van der Waals surface area contributed by atoms with Crippen LogP contribution in [0.4, 0.5) is 21.5 Å². The maximum atomic E-state index is 14.2. The van der Waals surface area contributed by atoms with Gasteiger partial charge < -0.3 is 10.2 Å². The number of amides is 1. The highest BCUT2D eigenvalue weighted by Crippen LogP contribution is 2.25. The van der Waals surface area contributed by atoms with E-state index in [9.17, 15) is 17.6 Å². The van der Waals surface area contributed by atoms with Crippen LogP contribution in [0.15, 0.2) is 48.5 Å². The van der Waals surface area contributed by atoms with E-state index < -0.39 is 27.8 Å². The molecule has 1 fully saturated rings. The van der Waals surface area contributed by atoms with Gasteiger partial charge in [-0.2, -0.15) is 0 Å². The van der Waals surface area contributed by atoms with E-state index in [0.29, 0.717) is 5.69 Å². The Balaban J connectivity index is 1.77. The molecule has 0 aliphatic carbocycles. The van der Waals surface area contributed by atoms with Crippen molar-refractivity contribution in [3.8, 4) is 0 Å². The molecule has 150 valence electrons. The number of nitrogens with one attached hydrogen (secondary N) is 1. The Morgan fingerprint density at radius 1 is 1.11 bits per heavy atom. The molecule has 1 atom stereocenters. The molecule has 0 radical (unpaired) electrons. The summed E-state index contributed by atoms with van der Waals surface area (Å²) >= 11 is 0. The van der Waals surface area contributed by atoms with Crippen LogP contribution >= 0.6 is 0 Å². The maximum absolute atomic E-state index is 14.2. The van der Waals surface area contributed by atoms with E-state index in [4.69, 9.17) is 0 Å². The highest BCUT2D eigenvalue weighted by Gasteiger charge is 2.31. The molecule has 0 spiro atoms. The van der Waals surface area contributed by atoms with Gasteiger partial charge in [0.05, 0.1) is 11.9 Å². The summed E-state index contributed by atoms with van der Waals surface area (Å²) in [7, 11) is -3.87. The van der Waals surface area contributed by atoms with E-state index in [1.807, 2.05) is 12.1 Å². The number of halogens is 1. The number of carbonyl (C=O) groups is 1. The SMILES string of the molecule is C[C@@H](C(=O)Nc1ccc(N2CCCC2)cc1)N(c1ccccc1F)S(C)(=O)=O. The van der Waals surface area contributed by atoms with Crippen molar-refractivity contribution >= 4 is 33.0 Å². The smallest absolute Gasteiger partial charge is 0.247 e. The Bertz CT molecular complexity index is 941. The standard InChI is InChI=1S/C20H24FN3O3S/c1-15(24(28(2,26)27)19-8-4-3-7-18(19)21)20(25)22-16-9-11-17(12-10-16)23-13-5-6-14-23/h3-4,7-12,15H,5-6,13-14H2,1-2H3,(H,22,25)/t15-/m0/s1. The molecular formula is C20H24FN3O3S. The molecule has 3 rings (SSSR count). The number of carbonyl (C=O) groups excluding carboxylic acids is 1. The van der Waals surface area contributed by atoms with Crippen molar-refractivity contribution in [2.45, 2.75) is 25.8 Å². The zero-order valence-corrected chi connectivity index (χ0v) is 16.7. The minimum absolute atomic E-state index is 0.156. The minimum Gasteiger partial charge on any atom is -0.372 e. The second-order valence-electron chi connectivity index (χ2n) is 6.92. The molecule has 8 heteroatoms. The Kier molecular flexibility index (Phi) is 5.88. The highest BCUT2D eigenvalue weighted by molar-refractivity contribution is 7.92. The van der Waals surface area contributed by atoms with E-state index in [1.165, 1.54) is 38.0 Å². The predicted octanol–water partition coefficient (Wildman–Crippen LogP) is 3.22. The van der Waals surface area contributed by atoms with Gasteiger partial charge in [0.2, 0.25) is 15.9 Å². The molecule has 2 aromatic carbocycles. The molecule has 2 aromatic rings. The predicted molar refractivity (Wildman–Crippen MR) is 110 cm³/mol. The number of nitrogens with zero attached hydrogens (tertiary/aromatic N) is 2. The molecule has 6 nitrogen and oxygen atoms in total. The fraction of sp³-hybridized carbons (Fsp3) is 0.350. The van der Waals surface area contributed by atoms with Crippen molar-refractivity contribution < 1.29 is 17.6 Å². The molecule has 28 heavy (non-hydrogen) atoms. The number of anilines is 3. The van der Waals surface area contributed by atoms with Crippen molar-refractivity contribution in [1.29, 1.82) is 0 Å². The Labute approximate surface area is 165 Å². The third kappa shape index (κ3) is 4.44. The molecule has 1 heterocycles. The lowest BCUT2D eigenvalue weighted by Crippen LogP contribution is -2.45. The van der Waals surface area contributed by atoms with E-state index in [-0.39, 0.29) is 5.69 Å². The quantitative estimate of drug-likeness (QED) is 0.801. The maximum Gasteiger partial charge on any atom is 0.247 e. The normalized spacial score (nSPS) is 15.3. The number of hydrogen-bond acceptors (Lipinski definition) is 4. The molecule has 1 saturated heterocycles. The highest BCUT2D eigenvalue weighted by atomic mass is 32.2. The first-order chi connectivity index (χ1) is 13.3. The summed E-state index contributed by atoms with van der Waals surface area (Å²) in [6.07, 6.45) is 3.30. The topological polar surface area (TPSA) is 69.7 Å². The van der Waals surface area contributed by atoms with Crippen LogP contribution in [-0.4, -0.2) is 39.7 Å². The number of para-hydroxylation sites is 1. The summed E-state index contributed by atoms with van der Waals surface area (Å²) in [4.78, 5) is 15.0. The molecule has 0 unspecified atom stereocenters. The van der Waals surface area contributed by atoms with Crippen LogP contribution in [0.1, 0.15) is 19.8 Å². The van der Waals surface area contributed by atoms with Crippen LogP contribution < -0.4 is 14.5 Å². The van der Waals surface area contributed by atoms with Gasteiger partial charge in [0.15, 0.2) is 0 Å². The van der Waals surface area contributed by atoms with Gasteiger partial charge in [0.25, 0.3) is 0 Å². The second-order valence-corrected chi connectivity index (χ2v) is 8.78. The Morgan fingerprint density at radius 2 is 1.71 bits per heavy atom. The van der Waals surface area contributed by atoms with Gasteiger partial charge in [0.1, 0.15) is 11.9 Å². The number of rotatable bonds is 6. The monoisotopic (exact) mass is 405 g/mol. The summed E-state index contributed by atoms with van der Waals surface area (Å²) in [5.41, 5.74) is 1.49. The summed E-state index contributed by atoms with van der Waals surface area (Å²) < 4.78 is 39.5. The van der Waals surface area contributed by atoms with Crippen LogP contribution in [0.25, 0.3) is 0 Å². The van der Waals surface area contributed by atoms with Gasteiger partial charge in [-0.1, -0.05) is 12.1 Å². The Hall–Kier alpha value is -2.61. The number of benzene rings is 2. The Morgan fingerprint density at radius 3 is 2.29 bits per heavy atom. The van der Waals surface area contributed by atoms with Gasteiger partial charge in [-0.05, 0) is 56.2 Å². The van der Waals surface area contributed by atoms with Crippen LogP contribution in [0.2, 0.25) is 0 Å². The first-order valence-corrected chi connectivity index (χ1v) is 11.0. The van der Waals surface area contributed by atoms with Crippen molar-refractivity contribution in [3.63, 3.8) is 0 Å². The molecular weight excluding hydrogens is 381 g/mol. The van der Waals surface area contributed by atoms with Crippen LogP contribution in [0, 0.1) is 5.82 Å². The van der Waals surface area contributed by atoms with Crippen LogP contribution in [0.5, 0.6) is 0 Å². The van der Waals surface area contributed by atoms with Crippen molar-refractivity contribution in [2.24, 2.45) is 0 Å². The van der Waals surface area contributed by atoms with Gasteiger partial charge in [-0.25, -0.2) is 12.8 Å². The minimum atomic E-state index is -3.87. The van der Waals surface area contributed by atoms with Crippen molar-refractivity contribution in [3.05, 3.63) is 54.3 Å². The fourth-order valence-electron chi connectivity index (χ4n) is 3.39. The molecule has 0 aromatic heterocycles. The molecule has 0 saturated carbocycles. The lowest BCUT2D eigenvalue weighted by molar-refractivity contribution is -0.116. The first kappa shape index (κ1) is 20.1. The molecule has 1 aliphatic heterocycles. The van der Waals surface area contributed by atoms with Crippen LogP contribution in [0.3, 0.4) is 0 Å². The third-order valence-electron chi connectivity index (χ3n) is 4.78. The van der Waals surface area contributed by atoms with E-state index in [2.05, 4.69) is 10.2 Å². The van der Waals surface area contributed by atoms with Crippen LogP contribution in [-0.2, 0) is 14.8 Å². The van der Waals surface area contributed by atoms with Crippen molar-refractivity contribution in [2.75, 3.05) is 33.9 Å². The summed E-state index contributed by atoms with van der Waals surface area (Å²) in [6, 6.07) is 11.8. The second kappa shape index (κ2) is 8.18. The number of hydrogen-bond donors (Lipinski definition) is 1. The lowest BCUT2D eigenvalue weighted by Gasteiger charge is -2.28. The average molecular weight is 405 g/mol. The number of sulfonamides is 1. The van der Waals surface area contributed by atoms with E-state index in [1.54, 1.807) is 12.1 Å². The van der Waals surface area contributed by atoms with Gasteiger partial charge in [-0.3, -0.25) is 9.10 Å². The van der Waals surface area contributed by atoms with Gasteiger partial charge in [-0.15, -0.1) is 0 Å². The zero-order valence-electron chi connectivity index (χ0n) is 15.9. The summed E-state index contributed by atoms with van der Waals surface area (Å²) in [6.45, 7) is 3.48. The van der Waals surface area contributed by atoms with Gasteiger partial charge in [0, 0.05) is 24.5 Å². The molecule has 1 amide bonds.